The van der Waals surface area contributed by atoms with Crippen LogP contribution >= 0.6 is 0 Å². The van der Waals surface area contributed by atoms with Gasteiger partial charge in [0.1, 0.15) is 30.0 Å². The summed E-state index contributed by atoms with van der Waals surface area (Å²) >= 11 is 0. The van der Waals surface area contributed by atoms with Crippen LogP contribution < -0.4 is 19.1 Å². The third-order valence-corrected chi connectivity index (χ3v) is 7.61. The zero-order valence-electron chi connectivity index (χ0n) is 22.8. The monoisotopic (exact) mass is 540 g/mol. The van der Waals surface area contributed by atoms with Gasteiger partial charge in [-0.1, -0.05) is 0 Å². The van der Waals surface area contributed by atoms with Crippen LogP contribution in [0, 0.1) is 23.2 Å². The first-order valence-electron chi connectivity index (χ1n) is 13.4. The molecular weight excluding hydrogens is 508 g/mol. The summed E-state index contributed by atoms with van der Waals surface area (Å²) in [6, 6.07) is 11.9. The van der Waals surface area contributed by atoms with Crippen LogP contribution in [0.15, 0.2) is 55.1 Å². The predicted molar refractivity (Wildman–Crippen MR) is 149 cm³/mol. The highest BCUT2D eigenvalue weighted by Gasteiger charge is 2.42. The number of aliphatic hydroxyl groups is 1. The highest BCUT2D eigenvalue weighted by molar-refractivity contribution is 5.85. The molecule has 206 valence electrons. The van der Waals surface area contributed by atoms with Crippen LogP contribution in [0.5, 0.6) is 17.4 Å². The number of ether oxygens (including phenoxy) is 3. The average molecular weight is 541 g/mol. The Morgan fingerprint density at radius 1 is 1.05 bits per heavy atom. The van der Waals surface area contributed by atoms with Gasteiger partial charge in [0.2, 0.25) is 5.88 Å². The minimum atomic E-state index is -0.979. The molecule has 1 saturated carbocycles. The van der Waals surface area contributed by atoms with Gasteiger partial charge in [0.15, 0.2) is 0 Å². The zero-order chi connectivity index (χ0) is 27.9. The van der Waals surface area contributed by atoms with Crippen LogP contribution in [-0.4, -0.2) is 63.2 Å². The van der Waals surface area contributed by atoms with E-state index in [1.165, 1.54) is 0 Å². The predicted octanol–water partition coefficient (Wildman–Crippen LogP) is 4.12. The van der Waals surface area contributed by atoms with Gasteiger partial charge < -0.3 is 24.2 Å². The Morgan fingerprint density at radius 2 is 1.85 bits per heavy atom. The Bertz CT molecular complexity index is 1520. The van der Waals surface area contributed by atoms with Gasteiger partial charge >= 0.3 is 0 Å². The Balaban J connectivity index is 1.16. The molecule has 6 rings (SSSR count). The van der Waals surface area contributed by atoms with Gasteiger partial charge in [0, 0.05) is 36.5 Å². The molecule has 2 aliphatic rings. The smallest absolute Gasteiger partial charge is 0.213 e. The number of anilines is 1. The van der Waals surface area contributed by atoms with Gasteiger partial charge in [0.05, 0.1) is 48.5 Å². The molecule has 10 nitrogen and oxygen atoms in total. The fourth-order valence-electron chi connectivity index (χ4n) is 5.75. The number of aromatic nitrogens is 4. The molecular formula is C30H32N6O4. The van der Waals surface area contributed by atoms with E-state index in [2.05, 4.69) is 21.1 Å². The first kappa shape index (κ1) is 25.9. The highest BCUT2D eigenvalue weighted by atomic mass is 16.5. The number of pyridine rings is 3. The molecule has 4 aromatic heterocycles. The van der Waals surface area contributed by atoms with E-state index in [4.69, 9.17) is 19.2 Å². The fourth-order valence-corrected chi connectivity index (χ4v) is 5.75. The van der Waals surface area contributed by atoms with E-state index in [0.29, 0.717) is 34.5 Å². The first-order valence-corrected chi connectivity index (χ1v) is 13.4. The van der Waals surface area contributed by atoms with Crippen LogP contribution in [0.1, 0.15) is 32.3 Å². The fraction of sp³-hybridized carbons (Fsp3) is 0.400. The summed E-state index contributed by atoms with van der Waals surface area (Å²) in [6.07, 6.45) is 9.05. The van der Waals surface area contributed by atoms with E-state index in [1.54, 1.807) is 44.1 Å². The van der Waals surface area contributed by atoms with Crippen molar-refractivity contribution in [1.82, 2.24) is 19.6 Å². The minimum absolute atomic E-state index is 0.127. The molecule has 0 bridgehead atoms. The Kier molecular flexibility index (Phi) is 6.68. The van der Waals surface area contributed by atoms with Gasteiger partial charge in [-0.2, -0.15) is 10.4 Å². The lowest BCUT2D eigenvalue weighted by Gasteiger charge is -2.21. The van der Waals surface area contributed by atoms with Gasteiger partial charge in [-0.25, -0.2) is 14.5 Å². The van der Waals surface area contributed by atoms with Crippen molar-refractivity contribution < 1.29 is 19.3 Å². The molecule has 1 aliphatic heterocycles. The maximum absolute atomic E-state index is 10.1. The van der Waals surface area contributed by atoms with Crippen molar-refractivity contribution in [3.8, 4) is 34.6 Å². The van der Waals surface area contributed by atoms with Crippen molar-refractivity contribution in [2.75, 3.05) is 31.7 Å². The number of methoxy groups -OCH3 is 1. The van der Waals surface area contributed by atoms with E-state index in [1.807, 2.05) is 36.5 Å². The summed E-state index contributed by atoms with van der Waals surface area (Å²) in [5.74, 6) is 3.97. The Labute approximate surface area is 232 Å². The van der Waals surface area contributed by atoms with Crippen LogP contribution in [-0.2, 0) is 0 Å². The van der Waals surface area contributed by atoms with Crippen molar-refractivity contribution in [1.29, 1.82) is 5.26 Å². The van der Waals surface area contributed by atoms with Crippen molar-refractivity contribution in [3.63, 3.8) is 0 Å². The second-order valence-corrected chi connectivity index (χ2v) is 11.2. The second kappa shape index (κ2) is 10.3. The Hall–Kier alpha value is -4.36. The maximum atomic E-state index is 10.1. The third kappa shape index (κ3) is 5.25. The molecule has 2 unspecified atom stereocenters. The van der Waals surface area contributed by atoms with Gasteiger partial charge in [0.25, 0.3) is 0 Å². The van der Waals surface area contributed by atoms with E-state index in [9.17, 15) is 10.4 Å². The number of nitrogens with zero attached hydrogens (tertiary/aromatic N) is 6. The van der Waals surface area contributed by atoms with Crippen molar-refractivity contribution >= 4 is 11.3 Å². The molecule has 1 N–H and O–H groups in total. The molecule has 1 saturated heterocycles. The molecule has 4 aromatic rings. The highest BCUT2D eigenvalue weighted by Crippen LogP contribution is 2.41. The van der Waals surface area contributed by atoms with Crippen LogP contribution in [0.2, 0.25) is 0 Å². The van der Waals surface area contributed by atoms with Crippen molar-refractivity contribution in [3.05, 3.63) is 60.7 Å². The largest absolute Gasteiger partial charge is 0.489 e. The van der Waals surface area contributed by atoms with Gasteiger partial charge in [-0.3, -0.25) is 0 Å². The Morgan fingerprint density at radius 3 is 2.48 bits per heavy atom. The molecule has 0 spiro atoms. The minimum Gasteiger partial charge on any atom is -0.489 e. The SMILES string of the molecule is COc1ccc(OC2CC3CN(c4ccc(-c5cc(OCC(C)(C)O)cn6ncc(C#N)c56)cn4)CC3C2)cn1. The molecule has 40 heavy (non-hydrogen) atoms. The number of nitriles is 1. The zero-order valence-corrected chi connectivity index (χ0v) is 22.8. The summed E-state index contributed by atoms with van der Waals surface area (Å²) in [5.41, 5.74) is 1.85. The lowest BCUT2D eigenvalue weighted by atomic mass is 10.0. The molecule has 0 aromatic carbocycles. The molecule has 0 amide bonds. The van der Waals surface area contributed by atoms with E-state index in [0.717, 1.165) is 48.6 Å². The lowest BCUT2D eigenvalue weighted by Crippen LogP contribution is -2.27. The van der Waals surface area contributed by atoms with Gasteiger partial charge in [-0.15, -0.1) is 0 Å². The summed E-state index contributed by atoms with van der Waals surface area (Å²) in [7, 11) is 1.60. The summed E-state index contributed by atoms with van der Waals surface area (Å²) in [6.45, 7) is 5.40. The van der Waals surface area contributed by atoms with E-state index < -0.39 is 5.60 Å². The number of hydrogen-bond donors (Lipinski definition) is 1. The topological polar surface area (TPSA) is 118 Å². The van der Waals surface area contributed by atoms with Crippen molar-refractivity contribution in [2.24, 2.45) is 11.8 Å². The van der Waals surface area contributed by atoms with Gasteiger partial charge in [-0.05, 0) is 62.8 Å². The third-order valence-electron chi connectivity index (χ3n) is 7.61. The van der Waals surface area contributed by atoms with E-state index >= 15 is 0 Å². The normalized spacial score (nSPS) is 20.4. The van der Waals surface area contributed by atoms with Crippen molar-refractivity contribution in [2.45, 2.75) is 38.4 Å². The van der Waals surface area contributed by atoms with Crippen LogP contribution in [0.4, 0.5) is 5.82 Å². The summed E-state index contributed by atoms with van der Waals surface area (Å²) < 4.78 is 18.8. The summed E-state index contributed by atoms with van der Waals surface area (Å²) in [5, 5.41) is 24.1. The number of fused-ring (bicyclic) bond motifs is 2. The maximum Gasteiger partial charge on any atom is 0.213 e. The molecule has 5 heterocycles. The molecule has 0 radical (unpaired) electrons. The van der Waals surface area contributed by atoms with Crippen LogP contribution in [0.25, 0.3) is 16.6 Å². The van der Waals surface area contributed by atoms with Crippen LogP contribution in [0.3, 0.4) is 0 Å². The number of hydrogen-bond acceptors (Lipinski definition) is 9. The molecule has 1 aliphatic carbocycles. The second-order valence-electron chi connectivity index (χ2n) is 11.2. The lowest BCUT2D eigenvalue weighted by molar-refractivity contribution is 0.0283. The standard InChI is InChI=1S/C30H32N6O4/c1-30(2,37)18-39-25-10-26(29-22(11-31)13-34-36(29)17-25)19-4-6-27(32-12-19)35-15-20-8-24(9-21(20)16-35)40-23-5-7-28(38-3)33-14-23/h4-7,10,12-14,17,20-21,24,37H,8-9,15-16,18H2,1-3H3. The quantitative estimate of drug-likeness (QED) is 0.352. The molecule has 2 atom stereocenters. The average Bonchev–Trinajstić information content (AvgIpc) is 3.65. The van der Waals surface area contributed by atoms with E-state index in [-0.39, 0.29) is 12.7 Å². The first-order chi connectivity index (χ1) is 19.3. The summed E-state index contributed by atoms with van der Waals surface area (Å²) in [4.78, 5) is 11.4. The number of rotatable bonds is 8. The molecule has 10 heteroatoms. The molecule has 2 fully saturated rings.